The fourth-order valence-electron chi connectivity index (χ4n) is 3.55. The van der Waals surface area contributed by atoms with E-state index in [0.29, 0.717) is 17.1 Å². The maximum absolute atomic E-state index is 14.0. The first-order chi connectivity index (χ1) is 13.5. The number of piperidine rings is 1. The van der Waals surface area contributed by atoms with E-state index in [2.05, 4.69) is 10.2 Å². The van der Waals surface area contributed by atoms with Gasteiger partial charge in [0.2, 0.25) is 5.91 Å². The summed E-state index contributed by atoms with van der Waals surface area (Å²) in [5.74, 6) is 0.597. The monoisotopic (exact) mass is 404 g/mol. The van der Waals surface area contributed by atoms with Crippen LogP contribution in [-0.4, -0.2) is 31.0 Å². The first-order valence-corrected chi connectivity index (χ1v) is 9.94. The molecular formula is C22H26ClFN2O2. The van der Waals surface area contributed by atoms with E-state index in [1.165, 1.54) is 6.07 Å². The average Bonchev–Trinajstić information content (AvgIpc) is 2.70. The zero-order chi connectivity index (χ0) is 20.1. The molecule has 0 unspecified atom stereocenters. The lowest BCUT2D eigenvalue weighted by Crippen LogP contribution is -2.41. The van der Waals surface area contributed by atoms with Crippen LogP contribution in [0.25, 0.3) is 0 Å². The number of hydrogen-bond donors (Lipinski definition) is 1. The van der Waals surface area contributed by atoms with Crippen LogP contribution in [0.2, 0.25) is 5.02 Å². The van der Waals surface area contributed by atoms with Gasteiger partial charge in [0.15, 0.2) is 0 Å². The standard InChI is InChI=1S/C22H26ClFN2O2/c1-15(16-4-7-20(28-2)8-5-16)25-22(27)17-9-11-26(12-10-17)14-18-3-6-19(23)13-21(18)24/h3-8,13,15,17H,9-12,14H2,1-2H3,(H,25,27)/t15-/m1/s1. The molecule has 0 aromatic heterocycles. The second-order valence-electron chi connectivity index (χ2n) is 7.29. The van der Waals surface area contributed by atoms with Gasteiger partial charge in [0, 0.05) is 23.0 Å². The molecule has 4 nitrogen and oxygen atoms in total. The van der Waals surface area contributed by atoms with Crippen LogP contribution >= 0.6 is 11.6 Å². The third kappa shape index (κ3) is 5.24. The van der Waals surface area contributed by atoms with E-state index in [9.17, 15) is 9.18 Å². The summed E-state index contributed by atoms with van der Waals surface area (Å²) in [5, 5.41) is 3.52. The summed E-state index contributed by atoms with van der Waals surface area (Å²) in [6.45, 7) is 4.08. The molecule has 1 fully saturated rings. The van der Waals surface area contributed by atoms with Crippen LogP contribution in [0.3, 0.4) is 0 Å². The molecule has 150 valence electrons. The van der Waals surface area contributed by atoms with Crippen LogP contribution in [0, 0.1) is 11.7 Å². The highest BCUT2D eigenvalue weighted by molar-refractivity contribution is 6.30. The van der Waals surface area contributed by atoms with E-state index in [0.717, 1.165) is 37.2 Å². The van der Waals surface area contributed by atoms with Crippen LogP contribution in [0.15, 0.2) is 42.5 Å². The Kier molecular flexibility index (Phi) is 6.92. The highest BCUT2D eigenvalue weighted by Crippen LogP contribution is 2.23. The molecular weight excluding hydrogens is 379 g/mol. The van der Waals surface area contributed by atoms with E-state index < -0.39 is 0 Å². The number of benzene rings is 2. The number of amides is 1. The van der Waals surface area contributed by atoms with Crippen LogP contribution in [0.5, 0.6) is 5.75 Å². The fraction of sp³-hybridized carbons (Fsp3) is 0.409. The smallest absolute Gasteiger partial charge is 0.223 e. The number of carbonyl (C=O) groups excluding carboxylic acids is 1. The van der Waals surface area contributed by atoms with Gasteiger partial charge >= 0.3 is 0 Å². The molecule has 6 heteroatoms. The number of methoxy groups -OCH3 is 1. The summed E-state index contributed by atoms with van der Waals surface area (Å²) in [6.07, 6.45) is 1.55. The molecule has 28 heavy (non-hydrogen) atoms. The lowest BCUT2D eigenvalue weighted by Gasteiger charge is -2.32. The minimum absolute atomic E-state index is 0.00740. The topological polar surface area (TPSA) is 41.6 Å². The zero-order valence-electron chi connectivity index (χ0n) is 16.3. The Morgan fingerprint density at radius 2 is 1.93 bits per heavy atom. The molecule has 0 saturated carbocycles. The summed E-state index contributed by atoms with van der Waals surface area (Å²) in [5.41, 5.74) is 1.69. The van der Waals surface area contributed by atoms with Gasteiger partial charge in [-0.25, -0.2) is 4.39 Å². The van der Waals surface area contributed by atoms with Crippen molar-refractivity contribution in [1.82, 2.24) is 10.2 Å². The Morgan fingerprint density at radius 1 is 1.25 bits per heavy atom. The molecule has 2 aromatic carbocycles. The lowest BCUT2D eigenvalue weighted by atomic mass is 9.94. The van der Waals surface area contributed by atoms with Gasteiger partial charge in [-0.1, -0.05) is 29.8 Å². The molecule has 1 heterocycles. The van der Waals surface area contributed by atoms with Gasteiger partial charge in [0.25, 0.3) is 0 Å². The second kappa shape index (κ2) is 9.39. The maximum Gasteiger partial charge on any atom is 0.223 e. The first kappa shape index (κ1) is 20.6. The van der Waals surface area contributed by atoms with E-state index in [4.69, 9.17) is 16.3 Å². The molecule has 3 rings (SSSR count). The van der Waals surface area contributed by atoms with Crippen LogP contribution in [0.4, 0.5) is 4.39 Å². The van der Waals surface area contributed by atoms with Crippen molar-refractivity contribution in [2.45, 2.75) is 32.4 Å². The average molecular weight is 405 g/mol. The summed E-state index contributed by atoms with van der Waals surface area (Å²) in [7, 11) is 1.63. The number of nitrogens with zero attached hydrogens (tertiary/aromatic N) is 1. The van der Waals surface area contributed by atoms with E-state index in [1.807, 2.05) is 31.2 Å². The molecule has 0 bridgehead atoms. The minimum Gasteiger partial charge on any atom is -0.497 e. The molecule has 1 aliphatic rings. The van der Waals surface area contributed by atoms with Crippen molar-refractivity contribution in [3.63, 3.8) is 0 Å². The number of rotatable bonds is 6. The number of halogens is 2. The Hall–Kier alpha value is -2.11. The van der Waals surface area contributed by atoms with Crippen LogP contribution in [0.1, 0.15) is 36.9 Å². The molecule has 0 spiro atoms. The van der Waals surface area contributed by atoms with Crippen molar-refractivity contribution in [2.75, 3.05) is 20.2 Å². The SMILES string of the molecule is COc1ccc([C@@H](C)NC(=O)C2CCN(Cc3ccc(Cl)cc3F)CC2)cc1. The molecule has 1 amide bonds. The van der Waals surface area contributed by atoms with Gasteiger partial charge < -0.3 is 10.1 Å². The highest BCUT2D eigenvalue weighted by Gasteiger charge is 2.26. The van der Waals surface area contributed by atoms with Crippen LogP contribution < -0.4 is 10.1 Å². The Bertz CT molecular complexity index is 805. The number of ether oxygens (including phenoxy) is 1. The minimum atomic E-state index is -0.277. The third-order valence-electron chi connectivity index (χ3n) is 5.34. The van der Waals surface area contributed by atoms with Crippen molar-refractivity contribution in [3.8, 4) is 5.75 Å². The Morgan fingerprint density at radius 3 is 2.54 bits per heavy atom. The number of likely N-dealkylation sites (tertiary alicyclic amines) is 1. The lowest BCUT2D eigenvalue weighted by molar-refractivity contribution is -0.127. The number of nitrogens with one attached hydrogen (secondary N) is 1. The fourth-order valence-corrected chi connectivity index (χ4v) is 3.71. The third-order valence-corrected chi connectivity index (χ3v) is 5.58. The quantitative estimate of drug-likeness (QED) is 0.766. The predicted octanol–water partition coefficient (Wildman–Crippen LogP) is 4.58. The molecule has 0 radical (unpaired) electrons. The summed E-state index contributed by atoms with van der Waals surface area (Å²) in [6, 6.07) is 12.4. The van der Waals surface area contributed by atoms with Crippen molar-refractivity contribution in [1.29, 1.82) is 0 Å². The molecule has 1 aliphatic heterocycles. The van der Waals surface area contributed by atoms with Gasteiger partial charge in [-0.3, -0.25) is 9.69 Å². The second-order valence-corrected chi connectivity index (χ2v) is 7.73. The molecule has 0 aliphatic carbocycles. The van der Waals surface area contributed by atoms with Crippen molar-refractivity contribution < 1.29 is 13.9 Å². The predicted molar refractivity (Wildman–Crippen MR) is 109 cm³/mol. The summed E-state index contributed by atoms with van der Waals surface area (Å²) >= 11 is 5.81. The zero-order valence-corrected chi connectivity index (χ0v) is 17.0. The Labute approximate surface area is 170 Å². The van der Waals surface area contributed by atoms with E-state index in [1.54, 1.807) is 19.2 Å². The first-order valence-electron chi connectivity index (χ1n) is 9.57. The normalized spacial score (nSPS) is 16.6. The van der Waals surface area contributed by atoms with Crippen molar-refractivity contribution >= 4 is 17.5 Å². The van der Waals surface area contributed by atoms with Crippen molar-refractivity contribution in [2.24, 2.45) is 5.92 Å². The molecule has 1 N–H and O–H groups in total. The van der Waals surface area contributed by atoms with Crippen LogP contribution in [-0.2, 0) is 11.3 Å². The van der Waals surface area contributed by atoms with Gasteiger partial charge in [0.05, 0.1) is 13.2 Å². The van der Waals surface area contributed by atoms with Gasteiger partial charge in [-0.05, 0) is 62.7 Å². The van der Waals surface area contributed by atoms with Gasteiger partial charge in [0.1, 0.15) is 11.6 Å². The molecule has 1 atom stereocenters. The number of hydrogen-bond acceptors (Lipinski definition) is 3. The van der Waals surface area contributed by atoms with Gasteiger partial charge in [-0.15, -0.1) is 0 Å². The van der Waals surface area contributed by atoms with E-state index >= 15 is 0 Å². The maximum atomic E-state index is 14.0. The summed E-state index contributed by atoms with van der Waals surface area (Å²) < 4.78 is 19.1. The summed E-state index contributed by atoms with van der Waals surface area (Å²) in [4.78, 5) is 14.8. The largest absolute Gasteiger partial charge is 0.497 e. The Balaban J connectivity index is 1.49. The van der Waals surface area contributed by atoms with Gasteiger partial charge in [-0.2, -0.15) is 0 Å². The van der Waals surface area contributed by atoms with E-state index in [-0.39, 0.29) is 23.7 Å². The molecule has 1 saturated heterocycles. The number of carbonyl (C=O) groups is 1. The molecule has 2 aromatic rings. The van der Waals surface area contributed by atoms with Crippen molar-refractivity contribution in [3.05, 3.63) is 64.4 Å². The highest BCUT2D eigenvalue weighted by atomic mass is 35.5.